The Morgan fingerprint density at radius 2 is 1.65 bits per heavy atom. The van der Waals surface area contributed by atoms with E-state index in [-0.39, 0.29) is 4.90 Å². The van der Waals surface area contributed by atoms with Gasteiger partial charge in [-0.1, -0.05) is 12.1 Å². The van der Waals surface area contributed by atoms with Gasteiger partial charge < -0.3 is 9.68 Å². The standard InChI is InChI=1S/C11H17BO4S/c1-11(2,3)16-12(13)9-5-7-10(8-6-9)17(4,14)15/h5-8,13H,1-4H3. The summed E-state index contributed by atoms with van der Waals surface area (Å²) >= 11 is 0. The molecule has 17 heavy (non-hydrogen) atoms. The van der Waals surface area contributed by atoms with Crippen molar-refractivity contribution in [1.82, 2.24) is 0 Å². The highest BCUT2D eigenvalue weighted by molar-refractivity contribution is 7.90. The molecule has 0 amide bonds. The fraction of sp³-hybridized carbons (Fsp3) is 0.455. The Kier molecular flexibility index (Phi) is 4.01. The van der Waals surface area contributed by atoms with E-state index in [1.165, 1.54) is 12.1 Å². The van der Waals surface area contributed by atoms with Gasteiger partial charge in [0, 0.05) is 11.9 Å². The number of hydrogen-bond donors (Lipinski definition) is 1. The van der Waals surface area contributed by atoms with Crippen LogP contribution in [0.2, 0.25) is 0 Å². The van der Waals surface area contributed by atoms with Crippen LogP contribution in [0.1, 0.15) is 20.8 Å². The van der Waals surface area contributed by atoms with E-state index in [2.05, 4.69) is 0 Å². The Bertz CT molecular complexity index is 473. The molecule has 1 rings (SSSR count). The van der Waals surface area contributed by atoms with Crippen LogP contribution in [-0.4, -0.2) is 32.4 Å². The van der Waals surface area contributed by atoms with E-state index >= 15 is 0 Å². The average molecular weight is 256 g/mol. The molecule has 1 aromatic rings. The third kappa shape index (κ3) is 4.49. The van der Waals surface area contributed by atoms with Crippen molar-refractivity contribution < 1.29 is 18.1 Å². The first-order valence-corrected chi connectivity index (χ1v) is 7.15. The van der Waals surface area contributed by atoms with Crippen LogP contribution >= 0.6 is 0 Å². The molecule has 0 atom stereocenters. The Morgan fingerprint density at radius 1 is 1.18 bits per heavy atom. The molecule has 0 fully saturated rings. The van der Waals surface area contributed by atoms with E-state index in [0.717, 1.165) is 6.26 Å². The number of hydrogen-bond acceptors (Lipinski definition) is 4. The summed E-state index contributed by atoms with van der Waals surface area (Å²) in [6.45, 7) is 5.50. The zero-order valence-corrected chi connectivity index (χ0v) is 11.3. The van der Waals surface area contributed by atoms with Crippen LogP contribution in [-0.2, 0) is 14.5 Å². The molecule has 0 aromatic heterocycles. The molecular formula is C11H17BO4S. The molecule has 0 spiro atoms. The van der Waals surface area contributed by atoms with Crippen LogP contribution in [0, 0.1) is 0 Å². The quantitative estimate of drug-likeness (QED) is 0.804. The van der Waals surface area contributed by atoms with E-state index in [0.29, 0.717) is 5.46 Å². The molecule has 0 bridgehead atoms. The van der Waals surface area contributed by atoms with E-state index < -0.39 is 22.6 Å². The largest absolute Gasteiger partial charge is 0.491 e. The maximum absolute atomic E-state index is 11.2. The van der Waals surface area contributed by atoms with E-state index in [4.69, 9.17) is 4.65 Å². The molecule has 0 heterocycles. The van der Waals surface area contributed by atoms with Gasteiger partial charge in [-0.25, -0.2) is 8.42 Å². The normalized spacial score (nSPS) is 12.5. The van der Waals surface area contributed by atoms with Crippen LogP contribution in [0.3, 0.4) is 0 Å². The molecule has 6 heteroatoms. The number of benzene rings is 1. The summed E-state index contributed by atoms with van der Waals surface area (Å²) in [6.07, 6.45) is 1.14. The van der Waals surface area contributed by atoms with Crippen molar-refractivity contribution in [2.75, 3.05) is 6.26 Å². The van der Waals surface area contributed by atoms with Crippen molar-refractivity contribution in [2.45, 2.75) is 31.3 Å². The lowest BCUT2D eigenvalue weighted by atomic mass is 9.78. The summed E-state index contributed by atoms with van der Waals surface area (Å²) in [5, 5.41) is 9.78. The molecule has 94 valence electrons. The second kappa shape index (κ2) is 4.80. The summed E-state index contributed by atoms with van der Waals surface area (Å²) in [4.78, 5) is 0.226. The molecule has 0 aliphatic rings. The molecule has 1 aromatic carbocycles. The van der Waals surface area contributed by atoms with Gasteiger partial charge in [0.05, 0.1) is 4.90 Å². The molecule has 0 unspecified atom stereocenters. The third-order valence-electron chi connectivity index (χ3n) is 2.06. The van der Waals surface area contributed by atoms with Gasteiger partial charge in [0.1, 0.15) is 0 Å². The van der Waals surface area contributed by atoms with Crippen molar-refractivity contribution in [3.63, 3.8) is 0 Å². The second-order valence-corrected chi connectivity index (χ2v) is 6.94. The highest BCUT2D eigenvalue weighted by Gasteiger charge is 2.23. The maximum atomic E-state index is 11.2. The summed E-state index contributed by atoms with van der Waals surface area (Å²) < 4.78 is 27.9. The lowest BCUT2D eigenvalue weighted by Gasteiger charge is -2.22. The number of sulfone groups is 1. The van der Waals surface area contributed by atoms with Gasteiger partial charge in [-0.15, -0.1) is 0 Å². The van der Waals surface area contributed by atoms with Crippen molar-refractivity contribution in [2.24, 2.45) is 0 Å². The van der Waals surface area contributed by atoms with E-state index in [1.54, 1.807) is 12.1 Å². The van der Waals surface area contributed by atoms with Crippen molar-refractivity contribution in [3.8, 4) is 0 Å². The smallest absolute Gasteiger partial charge is 0.423 e. The zero-order valence-electron chi connectivity index (χ0n) is 10.5. The van der Waals surface area contributed by atoms with Gasteiger partial charge in [-0.05, 0) is 38.4 Å². The molecule has 0 aliphatic carbocycles. The van der Waals surface area contributed by atoms with E-state index in [1.807, 2.05) is 20.8 Å². The second-order valence-electron chi connectivity index (χ2n) is 4.92. The predicted molar refractivity (Wildman–Crippen MR) is 68.0 cm³/mol. The summed E-state index contributed by atoms with van der Waals surface area (Å²) in [5.41, 5.74) is 0.0712. The topological polar surface area (TPSA) is 63.6 Å². The Morgan fingerprint density at radius 3 is 2.00 bits per heavy atom. The molecule has 1 N–H and O–H groups in total. The Balaban J connectivity index is 2.88. The van der Waals surface area contributed by atoms with Gasteiger partial charge >= 0.3 is 7.12 Å². The minimum atomic E-state index is -3.20. The minimum Gasteiger partial charge on any atom is -0.423 e. The van der Waals surface area contributed by atoms with Gasteiger partial charge in [-0.3, -0.25) is 0 Å². The third-order valence-corrected chi connectivity index (χ3v) is 3.19. The first-order chi connectivity index (χ1) is 7.59. The van der Waals surface area contributed by atoms with Gasteiger partial charge in [0.15, 0.2) is 9.84 Å². The Hall–Kier alpha value is -0.845. The average Bonchev–Trinajstić information content (AvgIpc) is 2.14. The van der Waals surface area contributed by atoms with Crippen molar-refractivity contribution >= 4 is 22.4 Å². The fourth-order valence-corrected chi connectivity index (χ4v) is 1.91. The van der Waals surface area contributed by atoms with Gasteiger partial charge in [0.2, 0.25) is 0 Å². The zero-order chi connectivity index (χ0) is 13.3. The lowest BCUT2D eigenvalue weighted by molar-refractivity contribution is 0.107. The van der Waals surface area contributed by atoms with Crippen LogP contribution in [0.5, 0.6) is 0 Å². The van der Waals surface area contributed by atoms with Crippen molar-refractivity contribution in [3.05, 3.63) is 24.3 Å². The Labute approximate surface area is 103 Å². The summed E-state index contributed by atoms with van der Waals surface area (Å²) in [7, 11) is -4.26. The molecule has 0 aliphatic heterocycles. The molecule has 0 radical (unpaired) electrons. The highest BCUT2D eigenvalue weighted by atomic mass is 32.2. The maximum Gasteiger partial charge on any atom is 0.491 e. The van der Waals surface area contributed by atoms with Crippen LogP contribution < -0.4 is 5.46 Å². The van der Waals surface area contributed by atoms with Crippen molar-refractivity contribution in [1.29, 1.82) is 0 Å². The summed E-state index contributed by atoms with van der Waals surface area (Å²) in [6, 6.07) is 6.01. The van der Waals surface area contributed by atoms with Crippen LogP contribution in [0.25, 0.3) is 0 Å². The summed E-state index contributed by atoms with van der Waals surface area (Å²) in [5.74, 6) is 0. The molecule has 0 saturated heterocycles. The molecule has 0 saturated carbocycles. The van der Waals surface area contributed by atoms with Crippen LogP contribution in [0.15, 0.2) is 29.2 Å². The highest BCUT2D eigenvalue weighted by Crippen LogP contribution is 2.09. The first kappa shape index (κ1) is 14.2. The number of rotatable bonds is 3. The molecular weight excluding hydrogens is 239 g/mol. The minimum absolute atomic E-state index is 0.226. The fourth-order valence-electron chi connectivity index (χ4n) is 1.28. The van der Waals surface area contributed by atoms with Crippen LogP contribution in [0.4, 0.5) is 0 Å². The first-order valence-electron chi connectivity index (χ1n) is 5.25. The SMILES string of the molecule is CC(C)(C)OB(O)c1ccc(S(C)(=O)=O)cc1. The van der Waals surface area contributed by atoms with E-state index in [9.17, 15) is 13.4 Å². The van der Waals surface area contributed by atoms with Gasteiger partial charge in [-0.2, -0.15) is 0 Å². The molecule has 4 nitrogen and oxygen atoms in total. The van der Waals surface area contributed by atoms with Gasteiger partial charge in [0.25, 0.3) is 0 Å². The monoisotopic (exact) mass is 256 g/mol. The predicted octanol–water partition coefficient (Wildman–Crippen LogP) is 0.593. The lowest BCUT2D eigenvalue weighted by Crippen LogP contribution is -2.40.